The molecule has 1 heteroatoms. The van der Waals surface area contributed by atoms with Crippen LogP contribution >= 0.6 is 0 Å². The zero-order valence-electron chi connectivity index (χ0n) is 8.75. The van der Waals surface area contributed by atoms with Crippen molar-refractivity contribution in [2.75, 3.05) is 0 Å². The first kappa shape index (κ1) is 10.5. The van der Waals surface area contributed by atoms with Crippen LogP contribution in [0.25, 0.3) is 0 Å². The van der Waals surface area contributed by atoms with E-state index in [9.17, 15) is 0 Å². The maximum absolute atomic E-state index is 8.86. The molecule has 0 bridgehead atoms. The van der Waals surface area contributed by atoms with E-state index in [1.54, 1.807) is 0 Å². The second-order valence-corrected chi connectivity index (χ2v) is 3.45. The van der Waals surface area contributed by atoms with Gasteiger partial charge in [0.2, 0.25) is 0 Å². The van der Waals surface area contributed by atoms with Crippen LogP contribution in [0.5, 0.6) is 0 Å². The standard InChI is InChI=1S/C13H15N/c1-4-10(3)13-7-11(5-2)6-12(8-13)9-14/h4,6-8,10H,1,5H2,2-3H3. The van der Waals surface area contributed by atoms with Gasteiger partial charge in [0.1, 0.15) is 0 Å². The summed E-state index contributed by atoms with van der Waals surface area (Å²) in [4.78, 5) is 0. The maximum atomic E-state index is 8.86. The minimum Gasteiger partial charge on any atom is -0.192 e. The van der Waals surface area contributed by atoms with Crippen LogP contribution in [0.1, 0.15) is 36.5 Å². The smallest absolute Gasteiger partial charge is 0.0991 e. The second-order valence-electron chi connectivity index (χ2n) is 3.45. The molecule has 0 aliphatic carbocycles. The normalized spacial score (nSPS) is 11.8. The molecule has 0 saturated carbocycles. The average molecular weight is 185 g/mol. The van der Waals surface area contributed by atoms with Gasteiger partial charge in [-0.1, -0.05) is 26.0 Å². The van der Waals surface area contributed by atoms with Gasteiger partial charge in [0.15, 0.2) is 0 Å². The number of rotatable bonds is 3. The molecule has 0 saturated heterocycles. The SMILES string of the molecule is C=CC(C)c1cc(C#N)cc(CC)c1. The molecule has 0 aliphatic rings. The van der Waals surface area contributed by atoms with Gasteiger partial charge in [0, 0.05) is 0 Å². The lowest BCUT2D eigenvalue weighted by Crippen LogP contribution is -1.93. The summed E-state index contributed by atoms with van der Waals surface area (Å²) in [7, 11) is 0. The summed E-state index contributed by atoms with van der Waals surface area (Å²) >= 11 is 0. The van der Waals surface area contributed by atoms with Crippen molar-refractivity contribution in [3.8, 4) is 6.07 Å². The largest absolute Gasteiger partial charge is 0.192 e. The molecular formula is C13H15N. The van der Waals surface area contributed by atoms with E-state index in [0.717, 1.165) is 12.0 Å². The maximum Gasteiger partial charge on any atom is 0.0991 e. The van der Waals surface area contributed by atoms with Gasteiger partial charge in [0.25, 0.3) is 0 Å². The van der Waals surface area contributed by atoms with Gasteiger partial charge in [-0.2, -0.15) is 5.26 Å². The van der Waals surface area contributed by atoms with E-state index >= 15 is 0 Å². The molecule has 1 aromatic carbocycles. The van der Waals surface area contributed by atoms with Crippen molar-refractivity contribution in [3.05, 3.63) is 47.5 Å². The highest BCUT2D eigenvalue weighted by atomic mass is 14.2. The molecule has 72 valence electrons. The highest BCUT2D eigenvalue weighted by molar-refractivity contribution is 5.39. The highest BCUT2D eigenvalue weighted by Gasteiger charge is 2.04. The van der Waals surface area contributed by atoms with Gasteiger partial charge in [-0.05, 0) is 35.6 Å². The van der Waals surface area contributed by atoms with Crippen molar-refractivity contribution in [2.45, 2.75) is 26.2 Å². The van der Waals surface area contributed by atoms with Crippen LogP contribution < -0.4 is 0 Å². The molecule has 0 spiro atoms. The number of allylic oxidation sites excluding steroid dienone is 1. The average Bonchev–Trinajstić information content (AvgIpc) is 2.27. The minimum atomic E-state index is 0.314. The Morgan fingerprint density at radius 2 is 2.21 bits per heavy atom. The number of hydrogen-bond acceptors (Lipinski definition) is 1. The zero-order chi connectivity index (χ0) is 10.6. The summed E-state index contributed by atoms with van der Waals surface area (Å²) in [5, 5.41) is 8.86. The molecular weight excluding hydrogens is 170 g/mol. The molecule has 0 amide bonds. The summed E-state index contributed by atoms with van der Waals surface area (Å²) in [6.45, 7) is 7.95. The van der Waals surface area contributed by atoms with Crippen LogP contribution in [0.3, 0.4) is 0 Å². The quantitative estimate of drug-likeness (QED) is 0.662. The molecule has 0 aliphatic heterocycles. The van der Waals surface area contributed by atoms with Crippen LogP contribution in [0.4, 0.5) is 0 Å². The first-order valence-electron chi connectivity index (χ1n) is 4.87. The first-order chi connectivity index (χ1) is 6.71. The van der Waals surface area contributed by atoms with E-state index in [4.69, 9.17) is 5.26 Å². The lowest BCUT2D eigenvalue weighted by Gasteiger charge is -2.08. The number of nitrogens with zero attached hydrogens (tertiary/aromatic N) is 1. The van der Waals surface area contributed by atoms with Gasteiger partial charge < -0.3 is 0 Å². The summed E-state index contributed by atoms with van der Waals surface area (Å²) in [5.41, 5.74) is 3.14. The Bertz CT molecular complexity index is 371. The molecule has 0 radical (unpaired) electrons. The Balaban J connectivity index is 3.18. The van der Waals surface area contributed by atoms with E-state index in [-0.39, 0.29) is 0 Å². The number of benzene rings is 1. The summed E-state index contributed by atoms with van der Waals surface area (Å²) < 4.78 is 0. The van der Waals surface area contributed by atoms with Gasteiger partial charge in [-0.25, -0.2) is 0 Å². The van der Waals surface area contributed by atoms with Crippen molar-refractivity contribution in [1.82, 2.24) is 0 Å². The Hall–Kier alpha value is -1.55. The molecule has 0 heterocycles. The molecule has 0 N–H and O–H groups in total. The van der Waals surface area contributed by atoms with Crippen molar-refractivity contribution in [1.29, 1.82) is 5.26 Å². The van der Waals surface area contributed by atoms with Crippen molar-refractivity contribution in [2.24, 2.45) is 0 Å². The van der Waals surface area contributed by atoms with Gasteiger partial charge in [0.05, 0.1) is 11.6 Å². The predicted molar refractivity (Wildman–Crippen MR) is 59.1 cm³/mol. The van der Waals surface area contributed by atoms with Crippen LogP contribution in [-0.2, 0) is 6.42 Å². The monoisotopic (exact) mass is 185 g/mol. The molecule has 1 aromatic rings. The fraction of sp³-hybridized carbons (Fsp3) is 0.308. The predicted octanol–water partition coefficient (Wildman–Crippen LogP) is 3.41. The summed E-state index contributed by atoms with van der Waals surface area (Å²) in [5.74, 6) is 0.314. The van der Waals surface area contributed by atoms with Crippen LogP contribution in [0.2, 0.25) is 0 Å². The van der Waals surface area contributed by atoms with Crippen molar-refractivity contribution >= 4 is 0 Å². The number of aryl methyl sites for hydroxylation is 1. The van der Waals surface area contributed by atoms with Gasteiger partial charge >= 0.3 is 0 Å². The third kappa shape index (κ3) is 2.23. The van der Waals surface area contributed by atoms with E-state index in [0.29, 0.717) is 5.92 Å². The Labute approximate surface area is 85.7 Å². The molecule has 0 aromatic heterocycles. The number of hydrogen-bond donors (Lipinski definition) is 0. The van der Waals surface area contributed by atoms with Crippen molar-refractivity contribution < 1.29 is 0 Å². The molecule has 1 rings (SSSR count). The molecule has 1 unspecified atom stereocenters. The third-order valence-electron chi connectivity index (χ3n) is 2.43. The summed E-state index contributed by atoms with van der Waals surface area (Å²) in [6.07, 6.45) is 2.86. The Kier molecular flexibility index (Phi) is 3.48. The number of nitriles is 1. The lowest BCUT2D eigenvalue weighted by molar-refractivity contribution is 0.960. The second kappa shape index (κ2) is 4.62. The van der Waals surface area contributed by atoms with Crippen LogP contribution in [-0.4, -0.2) is 0 Å². The lowest BCUT2D eigenvalue weighted by atomic mass is 9.96. The minimum absolute atomic E-state index is 0.314. The van der Waals surface area contributed by atoms with E-state index in [2.05, 4.69) is 32.6 Å². The van der Waals surface area contributed by atoms with Crippen LogP contribution in [0, 0.1) is 11.3 Å². The fourth-order valence-corrected chi connectivity index (χ4v) is 1.39. The molecule has 1 atom stereocenters. The zero-order valence-corrected chi connectivity index (χ0v) is 8.75. The van der Waals surface area contributed by atoms with E-state index < -0.39 is 0 Å². The fourth-order valence-electron chi connectivity index (χ4n) is 1.39. The van der Waals surface area contributed by atoms with Crippen LogP contribution in [0.15, 0.2) is 30.9 Å². The molecule has 0 fully saturated rings. The Morgan fingerprint density at radius 1 is 1.50 bits per heavy atom. The topological polar surface area (TPSA) is 23.8 Å². The summed E-state index contributed by atoms with van der Waals surface area (Å²) in [6, 6.07) is 8.21. The van der Waals surface area contributed by atoms with Gasteiger partial charge in [-0.3, -0.25) is 0 Å². The molecule has 14 heavy (non-hydrogen) atoms. The van der Waals surface area contributed by atoms with E-state index in [1.165, 1.54) is 11.1 Å². The van der Waals surface area contributed by atoms with E-state index in [1.807, 2.05) is 18.2 Å². The highest BCUT2D eigenvalue weighted by Crippen LogP contribution is 2.19. The third-order valence-corrected chi connectivity index (χ3v) is 2.43. The Morgan fingerprint density at radius 3 is 2.71 bits per heavy atom. The first-order valence-corrected chi connectivity index (χ1v) is 4.87. The molecule has 1 nitrogen and oxygen atoms in total. The van der Waals surface area contributed by atoms with Gasteiger partial charge in [-0.15, -0.1) is 6.58 Å². The van der Waals surface area contributed by atoms with Crippen molar-refractivity contribution in [3.63, 3.8) is 0 Å².